The van der Waals surface area contributed by atoms with Crippen molar-refractivity contribution in [1.82, 2.24) is 9.80 Å². The molecule has 0 amide bonds. The first-order chi connectivity index (χ1) is 16.9. The summed E-state index contributed by atoms with van der Waals surface area (Å²) in [5.41, 5.74) is -2.07. The van der Waals surface area contributed by atoms with Gasteiger partial charge in [-0.2, -0.15) is 26.3 Å². The molecular weight excluding hydrogens is 558 g/mol. The zero-order valence-electron chi connectivity index (χ0n) is 19.3. The van der Waals surface area contributed by atoms with Crippen molar-refractivity contribution in [3.8, 4) is 0 Å². The van der Waals surface area contributed by atoms with Gasteiger partial charge in [0, 0.05) is 30.7 Å². The Morgan fingerprint density at radius 1 is 0.944 bits per heavy atom. The molecule has 0 aromatic heterocycles. The quantitative estimate of drug-likeness (QED) is 0.302. The maximum atomic E-state index is 13.2. The van der Waals surface area contributed by atoms with Gasteiger partial charge in [0.15, 0.2) is 0 Å². The summed E-state index contributed by atoms with van der Waals surface area (Å²) in [6.07, 6.45) is -9.83. The number of alkyl halides is 6. The van der Waals surface area contributed by atoms with Crippen LogP contribution >= 0.6 is 15.9 Å². The van der Waals surface area contributed by atoms with E-state index in [1.165, 1.54) is 7.11 Å². The van der Waals surface area contributed by atoms with Gasteiger partial charge >= 0.3 is 18.3 Å². The lowest BCUT2D eigenvalue weighted by Crippen LogP contribution is -2.49. The molecule has 1 aliphatic heterocycles. The van der Waals surface area contributed by atoms with Crippen LogP contribution in [0, 0.1) is 0 Å². The molecule has 2 aromatic carbocycles. The highest BCUT2D eigenvalue weighted by atomic mass is 79.9. The fraction of sp³-hybridized carbons (Fsp3) is 0.458. The standard InChI is InChI=1S/C24H25BrF6N2O3/c1-35-22(34)13-32-6-8-33(9-7-32)21(17-2-4-20(25)5-3-17)15-36-14-16-10-18(23(26,27)28)12-19(11-16)24(29,30)31/h2-5,10-12,21H,6-9,13-15H2,1H3. The molecule has 0 N–H and O–H groups in total. The number of carbonyl (C=O) groups is 1. The number of hydrogen-bond donors (Lipinski definition) is 0. The van der Waals surface area contributed by atoms with Crippen LogP contribution in [0.3, 0.4) is 0 Å². The van der Waals surface area contributed by atoms with Crippen LogP contribution in [0.25, 0.3) is 0 Å². The SMILES string of the molecule is COC(=O)CN1CCN(C(COCc2cc(C(F)(F)F)cc(C(F)(F)F)c2)c2ccc(Br)cc2)CC1. The van der Waals surface area contributed by atoms with Crippen molar-refractivity contribution in [3.05, 3.63) is 69.2 Å². The zero-order chi connectivity index (χ0) is 26.5. The second-order valence-corrected chi connectivity index (χ2v) is 9.30. The van der Waals surface area contributed by atoms with Crippen molar-refractivity contribution in [2.75, 3.05) is 46.4 Å². The Labute approximate surface area is 213 Å². The van der Waals surface area contributed by atoms with Gasteiger partial charge in [-0.25, -0.2) is 0 Å². The van der Waals surface area contributed by atoms with Gasteiger partial charge in [0.1, 0.15) is 0 Å². The summed E-state index contributed by atoms with van der Waals surface area (Å²) in [6.45, 7) is 2.15. The van der Waals surface area contributed by atoms with E-state index in [1.54, 1.807) is 0 Å². The highest BCUT2D eigenvalue weighted by molar-refractivity contribution is 9.10. The van der Waals surface area contributed by atoms with Crippen LogP contribution in [-0.4, -0.2) is 62.2 Å². The smallest absolute Gasteiger partial charge is 0.416 e. The van der Waals surface area contributed by atoms with E-state index in [0.29, 0.717) is 38.3 Å². The maximum absolute atomic E-state index is 13.2. The topological polar surface area (TPSA) is 42.0 Å². The molecule has 36 heavy (non-hydrogen) atoms. The summed E-state index contributed by atoms with van der Waals surface area (Å²) in [6, 6.07) is 8.62. The highest BCUT2D eigenvalue weighted by Gasteiger charge is 2.37. The van der Waals surface area contributed by atoms with Gasteiger partial charge in [-0.05, 0) is 41.5 Å². The van der Waals surface area contributed by atoms with Gasteiger partial charge in [0.2, 0.25) is 0 Å². The molecule has 0 saturated carbocycles. The monoisotopic (exact) mass is 582 g/mol. The molecule has 1 atom stereocenters. The largest absolute Gasteiger partial charge is 0.468 e. The Morgan fingerprint density at radius 2 is 1.50 bits per heavy atom. The van der Waals surface area contributed by atoms with E-state index in [9.17, 15) is 31.1 Å². The number of ether oxygens (including phenoxy) is 2. The third-order valence-corrected chi connectivity index (χ3v) is 6.40. The lowest BCUT2D eigenvalue weighted by molar-refractivity contribution is -0.144. The van der Waals surface area contributed by atoms with E-state index < -0.39 is 30.1 Å². The molecule has 1 aliphatic rings. The molecule has 1 unspecified atom stereocenters. The van der Waals surface area contributed by atoms with E-state index >= 15 is 0 Å². The Kier molecular flexibility index (Phi) is 9.42. The molecule has 5 nitrogen and oxygen atoms in total. The fourth-order valence-electron chi connectivity index (χ4n) is 3.97. The van der Waals surface area contributed by atoms with E-state index in [0.717, 1.165) is 10.0 Å². The normalized spacial score (nSPS) is 16.7. The molecule has 0 bridgehead atoms. The summed E-state index contributed by atoms with van der Waals surface area (Å²) >= 11 is 3.38. The Hall–Kier alpha value is -2.15. The number of esters is 1. The molecule has 1 fully saturated rings. The van der Waals surface area contributed by atoms with Crippen LogP contribution in [0.15, 0.2) is 46.9 Å². The van der Waals surface area contributed by atoms with E-state index in [1.807, 2.05) is 29.2 Å². The van der Waals surface area contributed by atoms with E-state index in [4.69, 9.17) is 9.47 Å². The summed E-state index contributed by atoms with van der Waals surface area (Å²) < 4.78 is 90.2. The molecule has 2 aromatic rings. The molecule has 12 heteroatoms. The molecule has 0 aliphatic carbocycles. The first-order valence-corrected chi connectivity index (χ1v) is 11.8. The second kappa shape index (κ2) is 11.9. The summed E-state index contributed by atoms with van der Waals surface area (Å²) in [4.78, 5) is 15.6. The zero-order valence-corrected chi connectivity index (χ0v) is 20.9. The number of carbonyl (C=O) groups excluding carboxylic acids is 1. The van der Waals surface area contributed by atoms with Crippen molar-refractivity contribution >= 4 is 21.9 Å². The number of piperazine rings is 1. The lowest BCUT2D eigenvalue weighted by Gasteiger charge is -2.39. The molecule has 3 rings (SSSR count). The average molecular weight is 583 g/mol. The minimum Gasteiger partial charge on any atom is -0.468 e. The number of methoxy groups -OCH3 is 1. The van der Waals surface area contributed by atoms with Crippen molar-refractivity contribution in [1.29, 1.82) is 0 Å². The van der Waals surface area contributed by atoms with Gasteiger partial charge in [-0.15, -0.1) is 0 Å². The van der Waals surface area contributed by atoms with Gasteiger partial charge in [-0.3, -0.25) is 14.6 Å². The second-order valence-electron chi connectivity index (χ2n) is 8.38. The molecule has 1 saturated heterocycles. The van der Waals surface area contributed by atoms with Crippen molar-refractivity contribution in [3.63, 3.8) is 0 Å². The fourth-order valence-corrected chi connectivity index (χ4v) is 4.23. The van der Waals surface area contributed by atoms with E-state index in [-0.39, 0.29) is 36.8 Å². The van der Waals surface area contributed by atoms with Crippen LogP contribution in [0.5, 0.6) is 0 Å². The Bertz CT molecular complexity index is 990. The maximum Gasteiger partial charge on any atom is 0.416 e. The predicted molar refractivity (Wildman–Crippen MR) is 123 cm³/mol. The van der Waals surface area contributed by atoms with Crippen LogP contribution < -0.4 is 0 Å². The van der Waals surface area contributed by atoms with Crippen LogP contribution in [0.1, 0.15) is 28.3 Å². The van der Waals surface area contributed by atoms with Crippen molar-refractivity contribution in [2.24, 2.45) is 0 Å². The summed E-state index contributed by atoms with van der Waals surface area (Å²) in [5, 5.41) is 0. The predicted octanol–water partition coefficient (Wildman–Crippen LogP) is 5.54. The minimum absolute atomic E-state index is 0.0518. The van der Waals surface area contributed by atoms with Crippen LogP contribution in [0.4, 0.5) is 26.3 Å². The third-order valence-electron chi connectivity index (χ3n) is 5.87. The van der Waals surface area contributed by atoms with Crippen LogP contribution in [-0.2, 0) is 33.2 Å². The van der Waals surface area contributed by atoms with Gasteiger partial charge in [-0.1, -0.05) is 28.1 Å². The minimum atomic E-state index is -4.92. The van der Waals surface area contributed by atoms with Gasteiger partial charge in [0.05, 0.1) is 44.0 Å². The summed E-state index contributed by atoms with van der Waals surface area (Å²) in [5.74, 6) is -0.337. The third kappa shape index (κ3) is 7.92. The molecule has 0 radical (unpaired) electrons. The van der Waals surface area contributed by atoms with Crippen LogP contribution in [0.2, 0.25) is 0 Å². The molecule has 0 spiro atoms. The van der Waals surface area contributed by atoms with E-state index in [2.05, 4.69) is 20.8 Å². The average Bonchev–Trinajstić information content (AvgIpc) is 2.82. The number of rotatable bonds is 8. The Morgan fingerprint density at radius 3 is 2.00 bits per heavy atom. The van der Waals surface area contributed by atoms with Gasteiger partial charge in [0.25, 0.3) is 0 Å². The number of halogens is 7. The number of benzene rings is 2. The highest BCUT2D eigenvalue weighted by Crippen LogP contribution is 2.36. The lowest BCUT2D eigenvalue weighted by atomic mass is 10.0. The Balaban J connectivity index is 1.73. The van der Waals surface area contributed by atoms with Crippen molar-refractivity contribution in [2.45, 2.75) is 25.0 Å². The number of nitrogens with zero attached hydrogens (tertiary/aromatic N) is 2. The molecular formula is C24H25BrF6N2O3. The first-order valence-electron chi connectivity index (χ1n) is 11.0. The van der Waals surface area contributed by atoms with Crippen molar-refractivity contribution < 1.29 is 40.6 Å². The molecule has 198 valence electrons. The first kappa shape index (κ1) is 28.4. The number of hydrogen-bond acceptors (Lipinski definition) is 5. The van der Waals surface area contributed by atoms with Gasteiger partial charge < -0.3 is 9.47 Å². The molecule has 1 heterocycles. The summed E-state index contributed by atoms with van der Waals surface area (Å²) in [7, 11) is 1.32.